The summed E-state index contributed by atoms with van der Waals surface area (Å²) in [6.07, 6.45) is -0.450. The van der Waals surface area contributed by atoms with Gasteiger partial charge in [-0.25, -0.2) is 22.6 Å². The molecule has 2 amide bonds. The van der Waals surface area contributed by atoms with Crippen molar-refractivity contribution in [1.29, 1.82) is 0 Å². The fourth-order valence-electron chi connectivity index (χ4n) is 6.35. The van der Waals surface area contributed by atoms with Gasteiger partial charge in [0.15, 0.2) is 9.34 Å². The normalized spacial score (nSPS) is 16.4. The molecule has 19 heteroatoms. The lowest BCUT2D eigenvalue weighted by Gasteiger charge is -2.35. The Balaban J connectivity index is 0.000000845. The van der Waals surface area contributed by atoms with Crippen molar-refractivity contribution < 1.29 is 45.5 Å². The lowest BCUT2D eigenvalue weighted by Crippen LogP contribution is -2.45. The number of nitrogens with one attached hydrogen (secondary N) is 1. The molecule has 0 spiro atoms. The number of thiazole rings is 1. The number of amides is 2. The van der Waals surface area contributed by atoms with Crippen LogP contribution in [0.2, 0.25) is 10.0 Å². The fraction of sp³-hybridized carbons (Fsp3) is 0.486. The van der Waals surface area contributed by atoms with Crippen molar-refractivity contribution in [3.63, 3.8) is 0 Å². The molecular formula is C35H41Cl2F4N5O6S2. The summed E-state index contributed by atoms with van der Waals surface area (Å²) in [6, 6.07) is 12.0. The Morgan fingerprint density at radius 1 is 1.00 bits per heavy atom. The molecule has 0 saturated carbocycles. The zero-order valence-corrected chi connectivity index (χ0v) is 32.7. The number of likely N-dealkylation sites (tertiary alicyclic amines) is 1. The van der Waals surface area contributed by atoms with Gasteiger partial charge in [0.1, 0.15) is 5.82 Å². The number of aromatic nitrogens is 1. The molecule has 2 N–H and O–H groups in total. The minimum absolute atomic E-state index is 0.0552. The monoisotopic (exact) mass is 837 g/mol. The first-order valence-corrected chi connectivity index (χ1v) is 20.1. The molecule has 1 aromatic heterocycles. The highest BCUT2D eigenvalue weighted by molar-refractivity contribution is 7.91. The molecule has 2 aliphatic rings. The summed E-state index contributed by atoms with van der Waals surface area (Å²) in [5.74, 6) is -3.13. The van der Waals surface area contributed by atoms with Crippen molar-refractivity contribution in [2.24, 2.45) is 11.8 Å². The van der Waals surface area contributed by atoms with Gasteiger partial charge >= 0.3 is 12.1 Å². The van der Waals surface area contributed by atoms with Gasteiger partial charge in [-0.05, 0) is 107 Å². The molecule has 2 fully saturated rings. The summed E-state index contributed by atoms with van der Waals surface area (Å²) < 4.78 is 73.4. The Hall–Kier alpha value is -3.35. The van der Waals surface area contributed by atoms with Crippen molar-refractivity contribution >= 4 is 73.2 Å². The molecule has 0 radical (unpaired) electrons. The van der Waals surface area contributed by atoms with Gasteiger partial charge in [0.2, 0.25) is 11.8 Å². The van der Waals surface area contributed by atoms with Gasteiger partial charge in [0, 0.05) is 38.2 Å². The number of hydrogen-bond donors (Lipinski definition) is 2. The Morgan fingerprint density at radius 2 is 1.61 bits per heavy atom. The van der Waals surface area contributed by atoms with Crippen molar-refractivity contribution in [3.8, 4) is 0 Å². The number of alkyl halides is 3. The Kier molecular flexibility index (Phi) is 15.3. The highest BCUT2D eigenvalue weighted by Gasteiger charge is 2.38. The van der Waals surface area contributed by atoms with Crippen LogP contribution in [0.1, 0.15) is 50.3 Å². The van der Waals surface area contributed by atoms with E-state index in [1.165, 1.54) is 28.9 Å². The van der Waals surface area contributed by atoms with Gasteiger partial charge in [0.05, 0.1) is 15.7 Å². The molecule has 2 aromatic carbocycles. The SMILES string of the molecule is CC(=O)Nc1nc(C)c(S(=O)(=O)N2CCC(C(=O)N(CCCN3CCC(Cc4ccc(F)cc4)CC3)c3ccc(Cl)c(Cl)c3)CC2)s1.O=C(O)C(F)(F)F. The van der Waals surface area contributed by atoms with Crippen LogP contribution < -0.4 is 10.2 Å². The molecule has 0 aliphatic carbocycles. The van der Waals surface area contributed by atoms with Crippen molar-refractivity contribution in [2.45, 2.75) is 62.8 Å². The van der Waals surface area contributed by atoms with Crippen LogP contribution in [0.25, 0.3) is 0 Å². The lowest BCUT2D eigenvalue weighted by molar-refractivity contribution is -0.192. The number of carbonyl (C=O) groups excluding carboxylic acids is 2. The first-order valence-electron chi connectivity index (χ1n) is 17.1. The van der Waals surface area contributed by atoms with E-state index in [1.807, 2.05) is 12.1 Å². The third kappa shape index (κ3) is 12.1. The van der Waals surface area contributed by atoms with Gasteiger partial charge in [-0.1, -0.05) is 46.7 Å². The van der Waals surface area contributed by atoms with E-state index in [9.17, 15) is 35.6 Å². The number of carboxylic acid groups (broad SMARTS) is 1. The van der Waals surface area contributed by atoms with Crippen molar-refractivity contribution in [2.75, 3.05) is 49.5 Å². The molecule has 0 unspecified atom stereocenters. The highest BCUT2D eigenvalue weighted by atomic mass is 35.5. The number of carbonyl (C=O) groups is 3. The van der Waals surface area contributed by atoms with Gasteiger partial charge in [0.25, 0.3) is 10.0 Å². The first-order chi connectivity index (χ1) is 25.3. The summed E-state index contributed by atoms with van der Waals surface area (Å²) in [5.41, 5.74) is 2.17. The fourth-order valence-corrected chi connectivity index (χ4v) is 9.70. The van der Waals surface area contributed by atoms with Gasteiger partial charge in [-0.15, -0.1) is 0 Å². The maximum atomic E-state index is 14.0. The van der Waals surface area contributed by atoms with Crippen LogP contribution in [0.4, 0.5) is 28.4 Å². The van der Waals surface area contributed by atoms with E-state index >= 15 is 0 Å². The van der Waals surface area contributed by atoms with Gasteiger partial charge in [-0.3, -0.25) is 9.59 Å². The van der Waals surface area contributed by atoms with Crippen LogP contribution in [0.15, 0.2) is 46.7 Å². The zero-order chi connectivity index (χ0) is 39.8. The van der Waals surface area contributed by atoms with Crippen LogP contribution >= 0.6 is 34.5 Å². The van der Waals surface area contributed by atoms with E-state index in [0.717, 1.165) is 56.7 Å². The molecule has 0 bridgehead atoms. The molecule has 296 valence electrons. The molecule has 5 rings (SSSR count). The molecule has 3 heterocycles. The topological polar surface area (TPSA) is 140 Å². The number of halogens is 6. The second-order valence-corrected chi connectivity index (χ2v) is 17.1. The van der Waals surface area contributed by atoms with E-state index < -0.39 is 22.2 Å². The van der Waals surface area contributed by atoms with Crippen LogP contribution in [-0.2, 0) is 30.8 Å². The van der Waals surface area contributed by atoms with Crippen molar-refractivity contribution in [3.05, 3.63) is 69.6 Å². The number of sulfonamides is 1. The predicted molar refractivity (Wildman–Crippen MR) is 199 cm³/mol. The number of rotatable bonds is 11. The maximum absolute atomic E-state index is 14.0. The quantitative estimate of drug-likeness (QED) is 0.192. The highest BCUT2D eigenvalue weighted by Crippen LogP contribution is 2.34. The largest absolute Gasteiger partial charge is 0.490 e. The Labute approximate surface area is 325 Å². The van der Waals surface area contributed by atoms with Crippen LogP contribution in [0, 0.1) is 24.6 Å². The molecule has 11 nitrogen and oxygen atoms in total. The second kappa shape index (κ2) is 19.0. The van der Waals surface area contributed by atoms with Gasteiger partial charge in [-0.2, -0.15) is 17.5 Å². The predicted octanol–water partition coefficient (Wildman–Crippen LogP) is 7.27. The van der Waals surface area contributed by atoms with Crippen LogP contribution in [-0.4, -0.2) is 90.9 Å². The molecular weight excluding hydrogens is 797 g/mol. The minimum atomic E-state index is -5.08. The molecule has 54 heavy (non-hydrogen) atoms. The van der Waals surface area contributed by atoms with E-state index in [-0.39, 0.29) is 46.0 Å². The average Bonchev–Trinajstić information content (AvgIpc) is 3.49. The maximum Gasteiger partial charge on any atom is 0.490 e. The third-order valence-electron chi connectivity index (χ3n) is 9.14. The standard InChI is InChI=1S/C33H40Cl2FN5O4S2.C2HF3O2/c1-22-32(46-33(37-22)38-23(2)42)47(44,45)40-18-12-26(13-19-40)31(43)41(28-8-9-29(34)30(35)21-28)15-3-14-39-16-10-25(11-17-39)20-24-4-6-27(36)7-5-24;3-2(4,5)1(6)7/h4-9,21,25-26H,3,10-20H2,1-2H3,(H,37,38,42);(H,6,7). The van der Waals surface area contributed by atoms with Crippen molar-refractivity contribution in [1.82, 2.24) is 14.2 Å². The van der Waals surface area contributed by atoms with Crippen LogP contribution in [0.5, 0.6) is 0 Å². The second-order valence-electron chi connectivity index (χ2n) is 13.1. The number of benzene rings is 2. The number of nitrogens with zero attached hydrogens (tertiary/aromatic N) is 4. The molecule has 3 aromatic rings. The summed E-state index contributed by atoms with van der Waals surface area (Å²) in [7, 11) is -3.83. The molecule has 2 aliphatic heterocycles. The smallest absolute Gasteiger partial charge is 0.475 e. The number of hydrogen-bond acceptors (Lipinski definition) is 8. The Bertz CT molecular complexity index is 1880. The summed E-state index contributed by atoms with van der Waals surface area (Å²) in [5, 5.41) is 10.7. The van der Waals surface area contributed by atoms with E-state index in [0.29, 0.717) is 46.7 Å². The van der Waals surface area contributed by atoms with Crippen LogP contribution in [0.3, 0.4) is 0 Å². The average molecular weight is 839 g/mol. The van der Waals surface area contributed by atoms with Gasteiger partial charge < -0.3 is 20.2 Å². The molecule has 2 saturated heterocycles. The molecule has 0 atom stereocenters. The zero-order valence-electron chi connectivity index (χ0n) is 29.5. The number of aryl methyl sites for hydroxylation is 1. The Morgan fingerprint density at radius 3 is 2.17 bits per heavy atom. The lowest BCUT2D eigenvalue weighted by atomic mass is 9.90. The summed E-state index contributed by atoms with van der Waals surface area (Å²) in [4.78, 5) is 42.7. The number of carboxylic acids is 1. The number of anilines is 2. The van der Waals surface area contributed by atoms with E-state index in [2.05, 4.69) is 15.2 Å². The summed E-state index contributed by atoms with van der Waals surface area (Å²) in [6.45, 7) is 6.65. The number of aliphatic carboxylic acids is 1. The minimum Gasteiger partial charge on any atom is -0.475 e. The summed E-state index contributed by atoms with van der Waals surface area (Å²) >= 11 is 13.5. The van der Waals surface area contributed by atoms with E-state index in [4.69, 9.17) is 33.1 Å². The first kappa shape index (κ1) is 43.4. The van der Waals surface area contributed by atoms with E-state index in [1.54, 1.807) is 30.0 Å². The number of piperidine rings is 2. The third-order valence-corrected chi connectivity index (χ3v) is 13.4.